The summed E-state index contributed by atoms with van der Waals surface area (Å²) < 4.78 is 14.6. The molecule has 112 valence electrons. The Balaban J connectivity index is 1.94. The van der Waals surface area contributed by atoms with Crippen LogP contribution < -0.4 is 5.73 Å². The minimum absolute atomic E-state index is 0.167. The van der Waals surface area contributed by atoms with Gasteiger partial charge in [0, 0.05) is 11.6 Å². The molecule has 0 amide bonds. The maximum atomic E-state index is 14.1. The molecule has 2 N–H and O–H groups in total. The van der Waals surface area contributed by atoms with Gasteiger partial charge >= 0.3 is 0 Å². The molecular formula is C17H25BrFN. The minimum atomic E-state index is -0.187. The van der Waals surface area contributed by atoms with Gasteiger partial charge in [-0.25, -0.2) is 4.39 Å². The Morgan fingerprint density at radius 1 is 1.30 bits per heavy atom. The lowest BCUT2D eigenvalue weighted by Gasteiger charge is -2.32. The average Bonchev–Trinajstić information content (AvgIpc) is 2.48. The van der Waals surface area contributed by atoms with E-state index in [4.69, 9.17) is 5.73 Å². The number of halogens is 2. The molecule has 0 saturated heterocycles. The average molecular weight is 342 g/mol. The van der Waals surface area contributed by atoms with Gasteiger partial charge in [-0.2, -0.15) is 0 Å². The molecule has 1 atom stereocenters. The van der Waals surface area contributed by atoms with Gasteiger partial charge in [-0.3, -0.25) is 0 Å². The summed E-state index contributed by atoms with van der Waals surface area (Å²) in [6, 6.07) is 5.26. The Labute approximate surface area is 130 Å². The highest BCUT2D eigenvalue weighted by Crippen LogP contribution is 2.38. The molecule has 0 radical (unpaired) electrons. The van der Waals surface area contributed by atoms with Gasteiger partial charge < -0.3 is 5.73 Å². The highest BCUT2D eigenvalue weighted by atomic mass is 79.9. The van der Waals surface area contributed by atoms with Gasteiger partial charge in [-0.15, -0.1) is 0 Å². The summed E-state index contributed by atoms with van der Waals surface area (Å²) in [6.45, 7) is 2.25. The topological polar surface area (TPSA) is 26.0 Å². The first kappa shape index (κ1) is 16.0. The van der Waals surface area contributed by atoms with Gasteiger partial charge in [0.05, 0.1) is 4.47 Å². The summed E-state index contributed by atoms with van der Waals surface area (Å²) in [5, 5.41) is 0. The van der Waals surface area contributed by atoms with Crippen molar-refractivity contribution in [1.29, 1.82) is 0 Å². The second-order valence-corrected chi connectivity index (χ2v) is 6.95. The molecule has 3 heteroatoms. The van der Waals surface area contributed by atoms with Crippen LogP contribution in [0.4, 0.5) is 4.39 Å². The number of rotatable bonds is 5. The molecule has 0 bridgehead atoms. The Morgan fingerprint density at radius 3 is 2.65 bits per heavy atom. The predicted octanol–water partition coefficient (Wildman–Crippen LogP) is 5.58. The maximum Gasteiger partial charge on any atom is 0.142 e. The molecule has 1 aliphatic carbocycles. The Hall–Kier alpha value is -0.410. The normalized spacial score (nSPS) is 24.6. The van der Waals surface area contributed by atoms with Crippen molar-refractivity contribution in [3.63, 3.8) is 0 Å². The van der Waals surface area contributed by atoms with Crippen LogP contribution in [0, 0.1) is 17.7 Å². The SMILES string of the molecule is CCCCC1CCC(C(N)c2cccc(Br)c2F)CC1. The zero-order valence-electron chi connectivity index (χ0n) is 12.2. The molecule has 0 heterocycles. The fourth-order valence-electron chi connectivity index (χ4n) is 3.36. The van der Waals surface area contributed by atoms with Crippen molar-refractivity contribution in [2.24, 2.45) is 17.6 Å². The van der Waals surface area contributed by atoms with E-state index in [9.17, 15) is 4.39 Å². The molecular weight excluding hydrogens is 317 g/mol. The second-order valence-electron chi connectivity index (χ2n) is 6.09. The fourth-order valence-corrected chi connectivity index (χ4v) is 3.74. The molecule has 1 nitrogen and oxygen atoms in total. The molecule has 1 unspecified atom stereocenters. The molecule has 1 fully saturated rings. The van der Waals surface area contributed by atoms with Gasteiger partial charge in [0.1, 0.15) is 5.82 Å². The highest BCUT2D eigenvalue weighted by Gasteiger charge is 2.27. The van der Waals surface area contributed by atoms with Crippen LogP contribution in [0.1, 0.15) is 63.5 Å². The first-order chi connectivity index (χ1) is 9.63. The molecule has 1 aromatic rings. The van der Waals surface area contributed by atoms with Crippen LogP contribution in [0.25, 0.3) is 0 Å². The van der Waals surface area contributed by atoms with Crippen LogP contribution in [0.15, 0.2) is 22.7 Å². The lowest BCUT2D eigenvalue weighted by molar-refractivity contribution is 0.230. The third kappa shape index (κ3) is 3.82. The molecule has 0 spiro atoms. The van der Waals surface area contributed by atoms with Crippen LogP contribution in [0.3, 0.4) is 0 Å². The van der Waals surface area contributed by atoms with Crippen LogP contribution in [-0.4, -0.2) is 0 Å². The van der Waals surface area contributed by atoms with E-state index in [0.717, 1.165) is 18.8 Å². The lowest BCUT2D eigenvalue weighted by atomic mass is 9.75. The van der Waals surface area contributed by atoms with Crippen LogP contribution in [0.2, 0.25) is 0 Å². The van der Waals surface area contributed by atoms with E-state index in [1.165, 1.54) is 32.1 Å². The van der Waals surface area contributed by atoms with Crippen molar-refractivity contribution < 1.29 is 4.39 Å². The maximum absolute atomic E-state index is 14.1. The highest BCUT2D eigenvalue weighted by molar-refractivity contribution is 9.10. The fraction of sp³-hybridized carbons (Fsp3) is 0.647. The van der Waals surface area contributed by atoms with Crippen LogP contribution in [-0.2, 0) is 0 Å². The quantitative estimate of drug-likeness (QED) is 0.742. The standard InChI is InChI=1S/C17H25BrFN/c1-2-3-5-12-8-10-13(11-9-12)17(20)14-6-4-7-15(18)16(14)19/h4,6-7,12-13,17H,2-3,5,8-11,20H2,1H3. The van der Waals surface area contributed by atoms with E-state index in [-0.39, 0.29) is 11.9 Å². The first-order valence-corrected chi connectivity index (χ1v) is 8.62. The molecule has 1 aromatic carbocycles. The van der Waals surface area contributed by atoms with Gasteiger partial charge in [0.2, 0.25) is 0 Å². The van der Waals surface area contributed by atoms with Crippen molar-refractivity contribution in [3.8, 4) is 0 Å². The summed E-state index contributed by atoms with van der Waals surface area (Å²) >= 11 is 3.25. The summed E-state index contributed by atoms with van der Waals surface area (Å²) in [4.78, 5) is 0. The molecule has 0 aliphatic heterocycles. The van der Waals surface area contributed by atoms with E-state index in [0.29, 0.717) is 16.0 Å². The number of benzene rings is 1. The molecule has 1 aliphatic rings. The number of nitrogens with two attached hydrogens (primary N) is 1. The van der Waals surface area contributed by atoms with Gasteiger partial charge in [0.25, 0.3) is 0 Å². The van der Waals surface area contributed by atoms with Crippen molar-refractivity contribution >= 4 is 15.9 Å². The van der Waals surface area contributed by atoms with Gasteiger partial charge in [0.15, 0.2) is 0 Å². The largest absolute Gasteiger partial charge is 0.324 e. The van der Waals surface area contributed by atoms with Crippen molar-refractivity contribution in [1.82, 2.24) is 0 Å². The van der Waals surface area contributed by atoms with E-state index in [2.05, 4.69) is 22.9 Å². The number of hydrogen-bond acceptors (Lipinski definition) is 1. The zero-order chi connectivity index (χ0) is 14.5. The van der Waals surface area contributed by atoms with Crippen molar-refractivity contribution in [2.75, 3.05) is 0 Å². The van der Waals surface area contributed by atoms with E-state index in [1.807, 2.05) is 12.1 Å². The minimum Gasteiger partial charge on any atom is -0.324 e. The van der Waals surface area contributed by atoms with Crippen LogP contribution >= 0.6 is 15.9 Å². The van der Waals surface area contributed by atoms with E-state index < -0.39 is 0 Å². The molecule has 1 saturated carbocycles. The van der Waals surface area contributed by atoms with E-state index in [1.54, 1.807) is 6.07 Å². The predicted molar refractivity (Wildman–Crippen MR) is 86.0 cm³/mol. The molecule has 2 rings (SSSR count). The van der Waals surface area contributed by atoms with Crippen LogP contribution in [0.5, 0.6) is 0 Å². The van der Waals surface area contributed by atoms with Gasteiger partial charge in [-0.1, -0.05) is 51.2 Å². The summed E-state index contributed by atoms with van der Waals surface area (Å²) in [5.74, 6) is 1.11. The van der Waals surface area contributed by atoms with Crippen molar-refractivity contribution in [2.45, 2.75) is 57.9 Å². The van der Waals surface area contributed by atoms with Gasteiger partial charge in [-0.05, 0) is 46.7 Å². The Morgan fingerprint density at radius 2 is 2.00 bits per heavy atom. The first-order valence-electron chi connectivity index (χ1n) is 7.83. The second kappa shape index (κ2) is 7.56. The third-order valence-corrected chi connectivity index (χ3v) is 5.32. The smallest absolute Gasteiger partial charge is 0.142 e. The summed E-state index contributed by atoms with van der Waals surface area (Å²) in [5.41, 5.74) is 6.99. The molecule has 0 aromatic heterocycles. The Bertz CT molecular complexity index is 427. The number of unbranched alkanes of at least 4 members (excludes halogenated alkanes) is 1. The monoisotopic (exact) mass is 341 g/mol. The number of hydrogen-bond donors (Lipinski definition) is 1. The molecule has 20 heavy (non-hydrogen) atoms. The summed E-state index contributed by atoms with van der Waals surface area (Å²) in [6.07, 6.45) is 8.76. The Kier molecular flexibility index (Phi) is 6.03. The lowest BCUT2D eigenvalue weighted by Crippen LogP contribution is -2.27. The zero-order valence-corrected chi connectivity index (χ0v) is 13.8. The third-order valence-electron chi connectivity index (χ3n) is 4.71. The summed E-state index contributed by atoms with van der Waals surface area (Å²) in [7, 11) is 0. The van der Waals surface area contributed by atoms with E-state index >= 15 is 0 Å². The van der Waals surface area contributed by atoms with Crippen molar-refractivity contribution in [3.05, 3.63) is 34.1 Å².